The van der Waals surface area contributed by atoms with Gasteiger partial charge in [-0.25, -0.2) is 14.4 Å². The van der Waals surface area contributed by atoms with Crippen molar-refractivity contribution >= 4 is 50.2 Å². The summed E-state index contributed by atoms with van der Waals surface area (Å²) in [4.78, 5) is 10.4. The highest BCUT2D eigenvalue weighted by molar-refractivity contribution is 6.05. The van der Waals surface area contributed by atoms with Crippen molar-refractivity contribution in [1.82, 2.24) is 23.2 Å². The van der Waals surface area contributed by atoms with Gasteiger partial charge in [-0.2, -0.15) is 0 Å². The van der Waals surface area contributed by atoms with Gasteiger partial charge in [-0.3, -0.25) is 8.80 Å². The number of imidazole rings is 4. The van der Waals surface area contributed by atoms with Crippen LogP contribution in [0.25, 0.3) is 61.3 Å². The van der Waals surface area contributed by atoms with Crippen molar-refractivity contribution in [3.63, 3.8) is 0 Å². The van der Waals surface area contributed by atoms with Crippen LogP contribution < -0.4 is 0 Å². The Labute approximate surface area is 193 Å². The Balaban J connectivity index is 1.53. The standard InChI is InChI=1S/C29H19N5/c1-29(2)18-9-4-3-8-16(18)17-14-15-21-25(24(17)29)31-28-33(21)23-13-7-12-22-26(23)34(28)27-30-19-10-5-6-11-20(19)32(22)27/h3-15H,1-2H3. The zero-order chi connectivity index (χ0) is 22.3. The van der Waals surface area contributed by atoms with E-state index in [1.54, 1.807) is 0 Å². The lowest BCUT2D eigenvalue weighted by atomic mass is 9.82. The van der Waals surface area contributed by atoms with Gasteiger partial charge in [-0.15, -0.1) is 0 Å². The molecule has 0 atom stereocenters. The summed E-state index contributed by atoms with van der Waals surface area (Å²) in [6.45, 7) is 4.64. The quantitative estimate of drug-likeness (QED) is 0.274. The van der Waals surface area contributed by atoms with Crippen molar-refractivity contribution in [3.05, 3.63) is 90.0 Å². The molecule has 0 radical (unpaired) electrons. The molecule has 0 aliphatic heterocycles. The van der Waals surface area contributed by atoms with Crippen LogP contribution in [0.1, 0.15) is 25.0 Å². The Morgan fingerprint density at radius 2 is 1.29 bits per heavy atom. The maximum Gasteiger partial charge on any atom is 0.223 e. The number of aromatic nitrogens is 5. The normalized spacial score (nSPS) is 15.0. The van der Waals surface area contributed by atoms with Crippen LogP contribution in [0.2, 0.25) is 0 Å². The molecular formula is C29H19N5. The Hall–Kier alpha value is -4.38. The first kappa shape index (κ1) is 17.1. The molecule has 5 nitrogen and oxygen atoms in total. The summed E-state index contributed by atoms with van der Waals surface area (Å²) in [6.07, 6.45) is 0. The lowest BCUT2D eigenvalue weighted by molar-refractivity contribution is 0.665. The molecule has 0 saturated carbocycles. The molecule has 4 aromatic carbocycles. The van der Waals surface area contributed by atoms with E-state index in [2.05, 4.69) is 99.8 Å². The summed E-state index contributed by atoms with van der Waals surface area (Å²) in [6, 6.07) is 28.2. The zero-order valence-corrected chi connectivity index (χ0v) is 18.7. The highest BCUT2D eigenvalue weighted by atomic mass is 15.3. The van der Waals surface area contributed by atoms with Gasteiger partial charge in [0.2, 0.25) is 11.6 Å². The van der Waals surface area contributed by atoms with Crippen LogP contribution in [-0.2, 0) is 5.41 Å². The van der Waals surface area contributed by atoms with Crippen LogP contribution in [0.3, 0.4) is 0 Å². The number of hydrogen-bond acceptors (Lipinski definition) is 2. The third kappa shape index (κ3) is 1.66. The lowest BCUT2D eigenvalue weighted by Crippen LogP contribution is -2.15. The first-order valence-corrected chi connectivity index (χ1v) is 11.7. The fourth-order valence-electron chi connectivity index (χ4n) is 6.57. The summed E-state index contributed by atoms with van der Waals surface area (Å²) >= 11 is 0. The van der Waals surface area contributed by atoms with E-state index in [0.717, 1.165) is 44.7 Å². The molecule has 4 heterocycles. The van der Waals surface area contributed by atoms with Gasteiger partial charge in [0.25, 0.3) is 0 Å². The Morgan fingerprint density at radius 3 is 2.18 bits per heavy atom. The highest BCUT2D eigenvalue weighted by Gasteiger charge is 2.38. The monoisotopic (exact) mass is 437 g/mol. The molecule has 4 aromatic heterocycles. The molecule has 8 aromatic rings. The van der Waals surface area contributed by atoms with Crippen molar-refractivity contribution in [2.24, 2.45) is 0 Å². The third-order valence-corrected chi connectivity index (χ3v) is 7.97. The number of fused-ring (bicyclic) bond motifs is 14. The number of hydrogen-bond donors (Lipinski definition) is 0. The minimum Gasteiger partial charge on any atom is -0.276 e. The van der Waals surface area contributed by atoms with E-state index in [-0.39, 0.29) is 5.41 Å². The summed E-state index contributed by atoms with van der Waals surface area (Å²) in [5.41, 5.74) is 13.1. The van der Waals surface area contributed by atoms with E-state index in [0.29, 0.717) is 0 Å². The van der Waals surface area contributed by atoms with Gasteiger partial charge < -0.3 is 0 Å². The molecular weight excluding hydrogens is 418 g/mol. The fourth-order valence-corrected chi connectivity index (χ4v) is 6.57. The zero-order valence-electron chi connectivity index (χ0n) is 18.7. The predicted molar refractivity (Wildman–Crippen MR) is 136 cm³/mol. The van der Waals surface area contributed by atoms with Crippen LogP contribution in [0.5, 0.6) is 0 Å². The van der Waals surface area contributed by atoms with Crippen molar-refractivity contribution in [2.75, 3.05) is 0 Å². The van der Waals surface area contributed by atoms with Gasteiger partial charge in [0, 0.05) is 5.41 Å². The topological polar surface area (TPSA) is 39.0 Å². The van der Waals surface area contributed by atoms with Gasteiger partial charge in [0.1, 0.15) is 5.52 Å². The second-order valence-electron chi connectivity index (χ2n) is 9.99. The molecule has 0 saturated heterocycles. The van der Waals surface area contributed by atoms with Crippen molar-refractivity contribution < 1.29 is 0 Å². The van der Waals surface area contributed by atoms with Crippen molar-refractivity contribution in [1.29, 1.82) is 0 Å². The first-order valence-electron chi connectivity index (χ1n) is 11.7. The maximum atomic E-state index is 5.35. The van der Waals surface area contributed by atoms with Crippen molar-refractivity contribution in [2.45, 2.75) is 19.3 Å². The minimum atomic E-state index is -0.107. The molecule has 0 N–H and O–H groups in total. The molecule has 5 heteroatoms. The number of nitrogens with zero attached hydrogens (tertiary/aromatic N) is 5. The number of rotatable bonds is 0. The van der Waals surface area contributed by atoms with E-state index < -0.39 is 0 Å². The Morgan fingerprint density at radius 1 is 0.588 bits per heavy atom. The average Bonchev–Trinajstić information content (AvgIpc) is 3.60. The third-order valence-electron chi connectivity index (χ3n) is 7.97. The summed E-state index contributed by atoms with van der Waals surface area (Å²) in [7, 11) is 0. The molecule has 1 aliphatic carbocycles. The Bertz CT molecular complexity index is 2150. The van der Waals surface area contributed by atoms with E-state index in [1.165, 1.54) is 27.8 Å². The predicted octanol–water partition coefficient (Wildman–Crippen LogP) is 6.44. The largest absolute Gasteiger partial charge is 0.276 e. The smallest absolute Gasteiger partial charge is 0.223 e. The molecule has 0 spiro atoms. The van der Waals surface area contributed by atoms with Gasteiger partial charge in [0.15, 0.2) is 0 Å². The van der Waals surface area contributed by atoms with Crippen LogP contribution in [0.15, 0.2) is 78.9 Å². The number of benzene rings is 4. The Kier molecular flexibility index (Phi) is 2.64. The van der Waals surface area contributed by atoms with E-state index in [4.69, 9.17) is 9.97 Å². The lowest BCUT2D eigenvalue weighted by Gasteiger charge is -2.21. The molecule has 34 heavy (non-hydrogen) atoms. The second-order valence-corrected chi connectivity index (χ2v) is 9.99. The molecule has 0 bridgehead atoms. The highest BCUT2D eigenvalue weighted by Crippen LogP contribution is 2.51. The summed E-state index contributed by atoms with van der Waals surface area (Å²) < 4.78 is 6.82. The van der Waals surface area contributed by atoms with Crippen LogP contribution in [-0.4, -0.2) is 23.2 Å². The van der Waals surface area contributed by atoms with E-state index in [1.807, 2.05) is 6.07 Å². The maximum absolute atomic E-state index is 5.35. The molecule has 1 aliphatic rings. The van der Waals surface area contributed by atoms with E-state index in [9.17, 15) is 0 Å². The van der Waals surface area contributed by atoms with Gasteiger partial charge >= 0.3 is 0 Å². The molecule has 160 valence electrons. The molecule has 0 unspecified atom stereocenters. The fraction of sp³-hybridized carbons (Fsp3) is 0.103. The van der Waals surface area contributed by atoms with Gasteiger partial charge in [0.05, 0.1) is 33.1 Å². The average molecular weight is 438 g/mol. The van der Waals surface area contributed by atoms with Gasteiger partial charge in [-0.05, 0) is 52.6 Å². The first-order chi connectivity index (χ1) is 16.6. The van der Waals surface area contributed by atoms with Crippen LogP contribution in [0.4, 0.5) is 0 Å². The molecule has 9 rings (SSSR count). The molecule has 0 fully saturated rings. The van der Waals surface area contributed by atoms with E-state index >= 15 is 0 Å². The second kappa shape index (κ2) is 5.23. The van der Waals surface area contributed by atoms with Crippen molar-refractivity contribution in [3.8, 4) is 11.1 Å². The van der Waals surface area contributed by atoms with Gasteiger partial charge in [-0.1, -0.05) is 62.4 Å². The SMILES string of the molecule is CC1(C)c2ccccc2-c2ccc3c(nc4n3c3cccc5c3n4c3nc4ccccc4n53)c21. The summed E-state index contributed by atoms with van der Waals surface area (Å²) in [5.74, 6) is 1.84. The summed E-state index contributed by atoms with van der Waals surface area (Å²) in [5, 5.41) is 0. The van der Waals surface area contributed by atoms with Crippen LogP contribution in [0, 0.1) is 0 Å². The minimum absolute atomic E-state index is 0.107. The van der Waals surface area contributed by atoms with Crippen LogP contribution >= 0.6 is 0 Å². The molecule has 0 amide bonds. The number of para-hydroxylation sites is 3.